The van der Waals surface area contributed by atoms with Crippen molar-refractivity contribution in [3.63, 3.8) is 0 Å². The zero-order valence-electron chi connectivity index (χ0n) is 19.9. The third-order valence-electron chi connectivity index (χ3n) is 5.96. The highest BCUT2D eigenvalue weighted by molar-refractivity contribution is 4.54. The van der Waals surface area contributed by atoms with Gasteiger partial charge in [-0.2, -0.15) is 0 Å². The Morgan fingerprint density at radius 2 is 0.821 bits per heavy atom. The molecule has 3 nitrogen and oxygen atoms in total. The van der Waals surface area contributed by atoms with Crippen LogP contribution in [0.15, 0.2) is 0 Å². The molecule has 0 fully saturated rings. The third-order valence-corrected chi connectivity index (χ3v) is 5.96. The maximum atomic E-state index is 9.74. The van der Waals surface area contributed by atoms with Gasteiger partial charge in [-0.25, -0.2) is 0 Å². The number of aliphatic hydroxyl groups is 2. The van der Waals surface area contributed by atoms with Gasteiger partial charge in [0.05, 0.1) is 13.6 Å². The molecular formula is C25H54NO2+. The third kappa shape index (κ3) is 19.2. The van der Waals surface area contributed by atoms with Crippen LogP contribution in [0, 0.1) is 0 Å². The van der Waals surface area contributed by atoms with Gasteiger partial charge in [0.25, 0.3) is 0 Å². The van der Waals surface area contributed by atoms with Crippen LogP contribution < -0.4 is 0 Å². The zero-order valence-corrected chi connectivity index (χ0v) is 19.9. The van der Waals surface area contributed by atoms with Gasteiger partial charge < -0.3 is 14.7 Å². The van der Waals surface area contributed by atoms with E-state index in [1.54, 1.807) is 0 Å². The predicted molar refractivity (Wildman–Crippen MR) is 124 cm³/mol. The van der Waals surface area contributed by atoms with E-state index in [0.717, 1.165) is 24.1 Å². The lowest BCUT2D eigenvalue weighted by atomic mass is 10.0. The van der Waals surface area contributed by atoms with Gasteiger partial charge in [-0.15, -0.1) is 0 Å². The quantitative estimate of drug-likeness (QED) is 0.171. The van der Waals surface area contributed by atoms with Gasteiger partial charge in [-0.05, 0) is 26.7 Å². The van der Waals surface area contributed by atoms with Gasteiger partial charge in [-0.1, -0.05) is 96.8 Å². The molecule has 0 aliphatic carbocycles. The van der Waals surface area contributed by atoms with E-state index >= 15 is 0 Å². The fraction of sp³-hybridized carbons (Fsp3) is 1.00. The van der Waals surface area contributed by atoms with E-state index in [2.05, 4.69) is 14.0 Å². The minimum Gasteiger partial charge on any atom is -0.388 e. The number of unbranched alkanes of at least 4 members (excludes halogenated alkanes) is 15. The average Bonchev–Trinajstić information content (AvgIpc) is 2.60. The second kappa shape index (κ2) is 18.9. The van der Waals surface area contributed by atoms with Crippen LogP contribution >= 0.6 is 0 Å². The van der Waals surface area contributed by atoms with Crippen LogP contribution in [0.3, 0.4) is 0 Å². The molecule has 0 spiro atoms. The van der Waals surface area contributed by atoms with Gasteiger partial charge >= 0.3 is 0 Å². The van der Waals surface area contributed by atoms with E-state index in [-0.39, 0.29) is 12.2 Å². The van der Waals surface area contributed by atoms with Gasteiger partial charge in [0.2, 0.25) is 0 Å². The number of aliphatic hydroxyl groups excluding tert-OH is 2. The highest BCUT2D eigenvalue weighted by atomic mass is 16.3. The highest BCUT2D eigenvalue weighted by Gasteiger charge is 2.25. The lowest BCUT2D eigenvalue weighted by Gasteiger charge is -2.36. The summed E-state index contributed by atoms with van der Waals surface area (Å²) in [5, 5.41) is 19.5. The molecule has 0 aromatic rings. The van der Waals surface area contributed by atoms with Gasteiger partial charge in [0, 0.05) is 0 Å². The summed E-state index contributed by atoms with van der Waals surface area (Å²) < 4.78 is 0.786. The van der Waals surface area contributed by atoms with Crippen molar-refractivity contribution >= 4 is 0 Å². The van der Waals surface area contributed by atoms with Crippen LogP contribution in [0.4, 0.5) is 0 Å². The van der Waals surface area contributed by atoms with Crippen molar-refractivity contribution in [2.24, 2.45) is 0 Å². The van der Waals surface area contributed by atoms with E-state index in [9.17, 15) is 10.2 Å². The molecule has 28 heavy (non-hydrogen) atoms. The van der Waals surface area contributed by atoms with Crippen LogP contribution in [0.1, 0.15) is 124 Å². The van der Waals surface area contributed by atoms with Crippen molar-refractivity contribution in [1.82, 2.24) is 0 Å². The van der Waals surface area contributed by atoms with Crippen molar-refractivity contribution in [2.45, 2.75) is 136 Å². The van der Waals surface area contributed by atoms with Crippen LogP contribution in [0.5, 0.6) is 0 Å². The first-order valence-corrected chi connectivity index (χ1v) is 12.6. The summed E-state index contributed by atoms with van der Waals surface area (Å²) in [6.07, 6.45) is 21.7. The Morgan fingerprint density at radius 3 is 1.11 bits per heavy atom. The van der Waals surface area contributed by atoms with Crippen molar-refractivity contribution in [1.29, 1.82) is 0 Å². The zero-order chi connectivity index (χ0) is 21.1. The molecule has 2 unspecified atom stereocenters. The normalized spacial score (nSPS) is 16.1. The summed E-state index contributed by atoms with van der Waals surface area (Å²) in [5.74, 6) is 0. The standard InChI is InChI=1S/C25H54NO2/c1-5-6-7-8-9-10-11-12-13-14-15-16-17-18-19-20-21-26(4,22-24(2)27)23-25(3)28/h24-25,27-28H,5-23H2,1-4H3/q+1. The Kier molecular flexibility index (Phi) is 18.8. The molecule has 0 aromatic carbocycles. The number of hydrogen-bond donors (Lipinski definition) is 2. The summed E-state index contributed by atoms with van der Waals surface area (Å²) in [6, 6.07) is 0. The predicted octanol–water partition coefficient (Wildman–Crippen LogP) is 6.46. The number of hydrogen-bond acceptors (Lipinski definition) is 2. The SMILES string of the molecule is CCCCCCCCCCCCCCCCCC[N+](C)(CC(C)O)CC(C)O. The second-order valence-electron chi connectivity index (χ2n) is 9.71. The molecule has 0 rings (SSSR count). The van der Waals surface area contributed by atoms with Gasteiger partial charge in [0.15, 0.2) is 0 Å². The van der Waals surface area contributed by atoms with Crippen LogP contribution in [0.2, 0.25) is 0 Å². The Labute approximate surface area is 177 Å². The molecule has 0 aliphatic heterocycles. The van der Waals surface area contributed by atoms with Gasteiger partial charge in [0.1, 0.15) is 25.3 Å². The number of quaternary nitrogens is 1. The van der Waals surface area contributed by atoms with E-state index in [1.807, 2.05) is 13.8 Å². The van der Waals surface area contributed by atoms with E-state index in [1.165, 1.54) is 103 Å². The highest BCUT2D eigenvalue weighted by Crippen LogP contribution is 2.15. The van der Waals surface area contributed by atoms with Crippen LogP contribution in [0.25, 0.3) is 0 Å². The Bertz CT molecular complexity index is 308. The minimum atomic E-state index is -0.301. The monoisotopic (exact) mass is 400 g/mol. The molecular weight excluding hydrogens is 346 g/mol. The van der Waals surface area contributed by atoms with E-state index in [4.69, 9.17) is 0 Å². The number of rotatable bonds is 21. The summed E-state index contributed by atoms with van der Waals surface area (Å²) in [6.45, 7) is 8.54. The minimum absolute atomic E-state index is 0.301. The Morgan fingerprint density at radius 1 is 0.536 bits per heavy atom. The summed E-state index contributed by atoms with van der Waals surface area (Å²) in [7, 11) is 2.17. The largest absolute Gasteiger partial charge is 0.388 e. The summed E-state index contributed by atoms with van der Waals surface area (Å²) in [5.41, 5.74) is 0. The number of likely N-dealkylation sites (N-methyl/N-ethyl adjacent to an activating group) is 1. The lowest BCUT2D eigenvalue weighted by Crippen LogP contribution is -2.52. The smallest absolute Gasteiger partial charge is 0.105 e. The van der Waals surface area contributed by atoms with Crippen LogP contribution in [-0.4, -0.2) is 53.6 Å². The molecule has 0 saturated heterocycles. The fourth-order valence-corrected chi connectivity index (χ4v) is 4.57. The topological polar surface area (TPSA) is 40.5 Å². The van der Waals surface area contributed by atoms with Crippen molar-refractivity contribution in [3.05, 3.63) is 0 Å². The summed E-state index contributed by atoms with van der Waals surface area (Å²) >= 11 is 0. The Hall–Kier alpha value is -0.120. The molecule has 0 aliphatic rings. The van der Waals surface area contributed by atoms with Crippen LogP contribution in [-0.2, 0) is 0 Å². The van der Waals surface area contributed by atoms with Crippen molar-refractivity contribution in [2.75, 3.05) is 26.7 Å². The second-order valence-corrected chi connectivity index (χ2v) is 9.71. The molecule has 0 radical (unpaired) electrons. The maximum absolute atomic E-state index is 9.74. The molecule has 0 heterocycles. The van der Waals surface area contributed by atoms with E-state index in [0.29, 0.717) is 0 Å². The maximum Gasteiger partial charge on any atom is 0.105 e. The summed E-state index contributed by atoms with van der Waals surface area (Å²) in [4.78, 5) is 0. The molecule has 0 saturated carbocycles. The molecule has 3 heteroatoms. The molecule has 2 N–H and O–H groups in total. The molecule has 0 amide bonds. The van der Waals surface area contributed by atoms with Crippen molar-refractivity contribution in [3.8, 4) is 0 Å². The lowest BCUT2D eigenvalue weighted by molar-refractivity contribution is -0.915. The number of nitrogens with zero attached hydrogens (tertiary/aromatic N) is 1. The fourth-order valence-electron chi connectivity index (χ4n) is 4.57. The molecule has 0 bridgehead atoms. The first-order valence-electron chi connectivity index (χ1n) is 12.6. The van der Waals surface area contributed by atoms with Gasteiger partial charge in [-0.3, -0.25) is 0 Å². The first kappa shape index (κ1) is 27.9. The molecule has 0 aromatic heterocycles. The Balaban J connectivity index is 3.44. The van der Waals surface area contributed by atoms with Crippen molar-refractivity contribution < 1.29 is 14.7 Å². The molecule has 2 atom stereocenters. The first-order chi connectivity index (χ1) is 13.4. The van der Waals surface area contributed by atoms with E-state index < -0.39 is 0 Å². The average molecular weight is 401 g/mol. The molecule has 170 valence electrons.